The second kappa shape index (κ2) is 6.87. The molecule has 0 unspecified atom stereocenters. The molecule has 0 bridgehead atoms. The first kappa shape index (κ1) is 15.0. The van der Waals surface area contributed by atoms with E-state index < -0.39 is 0 Å². The van der Waals surface area contributed by atoms with E-state index in [0.717, 1.165) is 22.5 Å². The molecular weight excluding hydrogens is 290 g/mol. The number of carbonyl (C=O) groups is 1. The second-order valence-corrected chi connectivity index (χ2v) is 4.95. The maximum absolute atomic E-state index is 11.8. The zero-order valence-electron chi connectivity index (χ0n) is 12.8. The summed E-state index contributed by atoms with van der Waals surface area (Å²) >= 11 is 0. The number of carbonyl (C=O) groups excluding carboxylic acids is 1. The molecule has 0 saturated heterocycles. The van der Waals surface area contributed by atoms with Gasteiger partial charge in [0.25, 0.3) is 0 Å². The van der Waals surface area contributed by atoms with Gasteiger partial charge in [0, 0.05) is 17.3 Å². The number of rotatable bonds is 5. The standard InChI is InChI=1S/C18H17N3O2/c1-2-23-17(22)13-21-18(14-8-4-3-5-9-14)15(12-20-21)16-10-6-7-11-19-16/h3-12H,2,13H2,1H3. The van der Waals surface area contributed by atoms with E-state index in [2.05, 4.69) is 10.1 Å². The Hall–Kier alpha value is -2.95. The number of aromatic nitrogens is 3. The topological polar surface area (TPSA) is 57.0 Å². The van der Waals surface area contributed by atoms with E-state index in [-0.39, 0.29) is 12.5 Å². The van der Waals surface area contributed by atoms with Gasteiger partial charge in [0.05, 0.1) is 24.2 Å². The molecule has 0 saturated carbocycles. The van der Waals surface area contributed by atoms with Crippen LogP contribution in [0, 0.1) is 0 Å². The number of ether oxygens (including phenoxy) is 1. The van der Waals surface area contributed by atoms with Gasteiger partial charge in [-0.3, -0.25) is 14.5 Å². The molecule has 0 aliphatic carbocycles. The molecule has 116 valence electrons. The quantitative estimate of drug-likeness (QED) is 0.679. The van der Waals surface area contributed by atoms with Gasteiger partial charge in [0.1, 0.15) is 6.54 Å². The Morgan fingerprint density at radius 1 is 1.13 bits per heavy atom. The molecule has 2 heterocycles. The molecule has 5 heteroatoms. The average molecular weight is 307 g/mol. The fraction of sp³-hybridized carbons (Fsp3) is 0.167. The summed E-state index contributed by atoms with van der Waals surface area (Å²) in [6.45, 7) is 2.22. The maximum Gasteiger partial charge on any atom is 0.327 e. The molecule has 0 aliphatic rings. The molecule has 0 amide bonds. The highest BCUT2D eigenvalue weighted by Crippen LogP contribution is 2.30. The number of hydrogen-bond acceptors (Lipinski definition) is 4. The zero-order valence-corrected chi connectivity index (χ0v) is 12.8. The Balaban J connectivity index is 2.07. The first-order valence-corrected chi connectivity index (χ1v) is 7.48. The van der Waals surface area contributed by atoms with E-state index in [1.807, 2.05) is 48.5 Å². The van der Waals surface area contributed by atoms with Crippen molar-refractivity contribution in [3.63, 3.8) is 0 Å². The van der Waals surface area contributed by atoms with E-state index in [1.165, 1.54) is 0 Å². The fourth-order valence-electron chi connectivity index (χ4n) is 2.44. The van der Waals surface area contributed by atoms with E-state index in [0.29, 0.717) is 6.61 Å². The molecule has 3 aromatic rings. The minimum absolute atomic E-state index is 0.0743. The molecule has 0 radical (unpaired) electrons. The van der Waals surface area contributed by atoms with Gasteiger partial charge in [-0.15, -0.1) is 0 Å². The number of pyridine rings is 1. The van der Waals surface area contributed by atoms with Crippen LogP contribution in [-0.4, -0.2) is 27.3 Å². The molecule has 0 aliphatic heterocycles. The summed E-state index contributed by atoms with van der Waals surface area (Å²) in [7, 11) is 0. The van der Waals surface area contributed by atoms with Crippen LogP contribution in [0.2, 0.25) is 0 Å². The predicted molar refractivity (Wildman–Crippen MR) is 87.5 cm³/mol. The lowest BCUT2D eigenvalue weighted by atomic mass is 10.1. The van der Waals surface area contributed by atoms with Crippen molar-refractivity contribution < 1.29 is 9.53 Å². The van der Waals surface area contributed by atoms with Crippen LogP contribution >= 0.6 is 0 Å². The largest absolute Gasteiger partial charge is 0.465 e. The maximum atomic E-state index is 11.8. The van der Waals surface area contributed by atoms with Gasteiger partial charge < -0.3 is 4.74 Å². The molecule has 2 aromatic heterocycles. The van der Waals surface area contributed by atoms with Crippen molar-refractivity contribution in [1.82, 2.24) is 14.8 Å². The third-order valence-electron chi connectivity index (χ3n) is 3.41. The Bertz CT molecular complexity index is 783. The Morgan fingerprint density at radius 2 is 1.91 bits per heavy atom. The summed E-state index contributed by atoms with van der Waals surface area (Å²) in [6, 6.07) is 15.6. The van der Waals surface area contributed by atoms with Crippen LogP contribution in [-0.2, 0) is 16.1 Å². The third-order valence-corrected chi connectivity index (χ3v) is 3.41. The predicted octanol–water partition coefficient (Wildman–Crippen LogP) is 3.18. The van der Waals surface area contributed by atoms with Crippen LogP contribution in [0.15, 0.2) is 60.9 Å². The van der Waals surface area contributed by atoms with Crippen LogP contribution in [0.25, 0.3) is 22.5 Å². The molecule has 3 rings (SSSR count). The highest BCUT2D eigenvalue weighted by molar-refractivity contribution is 5.80. The summed E-state index contributed by atoms with van der Waals surface area (Å²) in [5.74, 6) is -0.305. The summed E-state index contributed by atoms with van der Waals surface area (Å²) in [5, 5.41) is 4.37. The average Bonchev–Trinajstić information content (AvgIpc) is 3.00. The molecule has 0 fully saturated rings. The summed E-state index contributed by atoms with van der Waals surface area (Å²) < 4.78 is 6.70. The Kier molecular flexibility index (Phi) is 4.47. The minimum atomic E-state index is -0.305. The smallest absolute Gasteiger partial charge is 0.327 e. The normalized spacial score (nSPS) is 10.5. The van der Waals surface area contributed by atoms with Crippen LogP contribution < -0.4 is 0 Å². The van der Waals surface area contributed by atoms with Gasteiger partial charge >= 0.3 is 5.97 Å². The lowest BCUT2D eigenvalue weighted by molar-refractivity contribution is -0.144. The van der Waals surface area contributed by atoms with E-state index >= 15 is 0 Å². The number of esters is 1. The highest BCUT2D eigenvalue weighted by atomic mass is 16.5. The van der Waals surface area contributed by atoms with Crippen LogP contribution in [0.1, 0.15) is 6.92 Å². The number of hydrogen-bond donors (Lipinski definition) is 0. The van der Waals surface area contributed by atoms with Gasteiger partial charge in [-0.25, -0.2) is 0 Å². The fourth-order valence-corrected chi connectivity index (χ4v) is 2.44. The first-order chi connectivity index (χ1) is 11.3. The molecule has 0 spiro atoms. The van der Waals surface area contributed by atoms with E-state index in [4.69, 9.17) is 4.74 Å². The van der Waals surface area contributed by atoms with Crippen molar-refractivity contribution in [1.29, 1.82) is 0 Å². The third kappa shape index (κ3) is 3.29. The summed E-state index contributed by atoms with van der Waals surface area (Å²) in [4.78, 5) is 16.2. The van der Waals surface area contributed by atoms with E-state index in [9.17, 15) is 4.79 Å². The minimum Gasteiger partial charge on any atom is -0.465 e. The molecule has 5 nitrogen and oxygen atoms in total. The van der Waals surface area contributed by atoms with Gasteiger partial charge in [-0.05, 0) is 19.1 Å². The van der Waals surface area contributed by atoms with Crippen molar-refractivity contribution in [2.45, 2.75) is 13.5 Å². The summed E-state index contributed by atoms with van der Waals surface area (Å²) in [5.41, 5.74) is 3.55. The highest BCUT2D eigenvalue weighted by Gasteiger charge is 2.17. The molecule has 23 heavy (non-hydrogen) atoms. The van der Waals surface area contributed by atoms with Gasteiger partial charge in [0.2, 0.25) is 0 Å². The Labute approximate surface area is 134 Å². The zero-order chi connectivity index (χ0) is 16.1. The summed E-state index contributed by atoms with van der Waals surface area (Å²) in [6.07, 6.45) is 3.48. The lowest BCUT2D eigenvalue weighted by Gasteiger charge is -2.09. The van der Waals surface area contributed by atoms with Crippen LogP contribution in [0.4, 0.5) is 0 Å². The van der Waals surface area contributed by atoms with Crippen molar-refractivity contribution in [2.24, 2.45) is 0 Å². The number of benzene rings is 1. The Morgan fingerprint density at radius 3 is 2.61 bits per heavy atom. The molecule has 0 atom stereocenters. The van der Waals surface area contributed by atoms with Crippen molar-refractivity contribution in [3.05, 3.63) is 60.9 Å². The molecular formula is C18H17N3O2. The van der Waals surface area contributed by atoms with Crippen LogP contribution in [0.3, 0.4) is 0 Å². The van der Waals surface area contributed by atoms with E-state index in [1.54, 1.807) is 24.0 Å². The second-order valence-electron chi connectivity index (χ2n) is 4.95. The van der Waals surface area contributed by atoms with Gasteiger partial charge in [0.15, 0.2) is 0 Å². The van der Waals surface area contributed by atoms with Gasteiger partial charge in [-0.2, -0.15) is 5.10 Å². The van der Waals surface area contributed by atoms with Crippen LogP contribution in [0.5, 0.6) is 0 Å². The van der Waals surface area contributed by atoms with Crippen molar-refractivity contribution >= 4 is 5.97 Å². The first-order valence-electron chi connectivity index (χ1n) is 7.48. The lowest BCUT2D eigenvalue weighted by Crippen LogP contribution is -2.15. The monoisotopic (exact) mass is 307 g/mol. The van der Waals surface area contributed by atoms with Crippen molar-refractivity contribution in [3.8, 4) is 22.5 Å². The molecule has 1 aromatic carbocycles. The van der Waals surface area contributed by atoms with Gasteiger partial charge in [-0.1, -0.05) is 36.4 Å². The number of nitrogens with zero attached hydrogens (tertiary/aromatic N) is 3. The molecule has 0 N–H and O–H groups in total. The SMILES string of the molecule is CCOC(=O)Cn1ncc(-c2ccccn2)c1-c1ccccc1. The van der Waals surface area contributed by atoms with Crippen molar-refractivity contribution in [2.75, 3.05) is 6.61 Å².